The zero-order valence-corrected chi connectivity index (χ0v) is 7.49. The summed E-state index contributed by atoms with van der Waals surface area (Å²) >= 11 is 0. The lowest BCUT2D eigenvalue weighted by atomic mass is 10.1. The van der Waals surface area contributed by atoms with Crippen molar-refractivity contribution in [1.82, 2.24) is 4.98 Å². The van der Waals surface area contributed by atoms with Gasteiger partial charge in [0, 0.05) is 11.6 Å². The van der Waals surface area contributed by atoms with E-state index in [0.717, 1.165) is 22.0 Å². The Morgan fingerprint density at radius 1 is 1.31 bits per heavy atom. The highest BCUT2D eigenvalue weighted by Gasteiger charge is 1.96. The van der Waals surface area contributed by atoms with Crippen molar-refractivity contribution in [2.24, 2.45) is 0 Å². The number of fused-ring (bicyclic) bond motifs is 1. The number of aliphatic hydroxyl groups is 1. The first kappa shape index (κ1) is 8.20. The van der Waals surface area contributed by atoms with E-state index in [0.29, 0.717) is 0 Å². The topological polar surface area (TPSA) is 33.1 Å². The summed E-state index contributed by atoms with van der Waals surface area (Å²) < 4.78 is 0. The Balaban J connectivity index is 2.68. The molecule has 0 bridgehead atoms. The minimum absolute atomic E-state index is 0.0872. The Morgan fingerprint density at radius 2 is 2.15 bits per heavy atom. The van der Waals surface area contributed by atoms with Crippen molar-refractivity contribution >= 4 is 10.9 Å². The van der Waals surface area contributed by atoms with Gasteiger partial charge in [-0.2, -0.15) is 0 Å². The SMILES string of the molecule is Cc1cnc2ccc(CO)cc2c1. The van der Waals surface area contributed by atoms with E-state index in [1.807, 2.05) is 31.3 Å². The molecule has 1 heterocycles. The van der Waals surface area contributed by atoms with Gasteiger partial charge in [-0.05, 0) is 36.2 Å². The van der Waals surface area contributed by atoms with Gasteiger partial charge < -0.3 is 5.11 Å². The van der Waals surface area contributed by atoms with Crippen molar-refractivity contribution < 1.29 is 5.11 Å². The molecule has 1 aromatic heterocycles. The van der Waals surface area contributed by atoms with Gasteiger partial charge in [0.1, 0.15) is 0 Å². The molecular weight excluding hydrogens is 162 g/mol. The average molecular weight is 173 g/mol. The summed E-state index contributed by atoms with van der Waals surface area (Å²) in [4.78, 5) is 4.27. The summed E-state index contributed by atoms with van der Waals surface area (Å²) in [6.45, 7) is 2.10. The maximum Gasteiger partial charge on any atom is 0.0702 e. The number of aryl methyl sites for hydroxylation is 1. The smallest absolute Gasteiger partial charge is 0.0702 e. The van der Waals surface area contributed by atoms with Crippen molar-refractivity contribution in [1.29, 1.82) is 0 Å². The van der Waals surface area contributed by atoms with E-state index in [2.05, 4.69) is 11.1 Å². The Kier molecular flexibility index (Phi) is 1.99. The van der Waals surface area contributed by atoms with E-state index < -0.39 is 0 Å². The molecule has 13 heavy (non-hydrogen) atoms. The maximum absolute atomic E-state index is 8.95. The van der Waals surface area contributed by atoms with Gasteiger partial charge in [0.2, 0.25) is 0 Å². The molecule has 2 nitrogen and oxygen atoms in total. The summed E-state index contributed by atoms with van der Waals surface area (Å²) in [7, 11) is 0. The van der Waals surface area contributed by atoms with Gasteiger partial charge in [-0.1, -0.05) is 6.07 Å². The predicted octanol–water partition coefficient (Wildman–Crippen LogP) is 2.04. The molecule has 1 N–H and O–H groups in total. The van der Waals surface area contributed by atoms with Crippen LogP contribution in [-0.2, 0) is 6.61 Å². The van der Waals surface area contributed by atoms with Crippen molar-refractivity contribution in [2.45, 2.75) is 13.5 Å². The third kappa shape index (κ3) is 1.53. The highest BCUT2D eigenvalue weighted by molar-refractivity contribution is 5.79. The first-order valence-corrected chi connectivity index (χ1v) is 4.26. The van der Waals surface area contributed by atoms with Gasteiger partial charge in [-0.3, -0.25) is 4.98 Å². The van der Waals surface area contributed by atoms with Crippen LogP contribution in [0.15, 0.2) is 30.5 Å². The molecule has 0 spiro atoms. The third-order valence-electron chi connectivity index (χ3n) is 2.06. The molecule has 0 amide bonds. The summed E-state index contributed by atoms with van der Waals surface area (Å²) in [5, 5.41) is 10.0. The zero-order chi connectivity index (χ0) is 9.26. The number of aliphatic hydroxyl groups excluding tert-OH is 1. The normalized spacial score (nSPS) is 10.6. The van der Waals surface area contributed by atoms with Gasteiger partial charge in [0.05, 0.1) is 12.1 Å². The predicted molar refractivity (Wildman–Crippen MR) is 52.4 cm³/mol. The number of benzene rings is 1. The molecule has 0 aliphatic rings. The van der Waals surface area contributed by atoms with Gasteiger partial charge >= 0.3 is 0 Å². The molecular formula is C11H11NO. The molecule has 66 valence electrons. The quantitative estimate of drug-likeness (QED) is 0.715. The van der Waals surface area contributed by atoms with Gasteiger partial charge in [0.15, 0.2) is 0 Å². The largest absolute Gasteiger partial charge is 0.392 e. The highest BCUT2D eigenvalue weighted by atomic mass is 16.3. The molecule has 0 atom stereocenters. The molecule has 2 aromatic rings. The molecule has 1 aromatic carbocycles. The summed E-state index contributed by atoms with van der Waals surface area (Å²) in [6.07, 6.45) is 1.85. The standard InChI is InChI=1S/C11H11NO/c1-8-4-10-5-9(7-13)2-3-11(10)12-6-8/h2-6,13H,7H2,1H3. The zero-order valence-electron chi connectivity index (χ0n) is 7.49. The third-order valence-corrected chi connectivity index (χ3v) is 2.06. The lowest BCUT2D eigenvalue weighted by molar-refractivity contribution is 0.282. The molecule has 0 aliphatic heterocycles. The lowest BCUT2D eigenvalue weighted by Crippen LogP contribution is -1.85. The van der Waals surface area contributed by atoms with E-state index in [9.17, 15) is 0 Å². The van der Waals surface area contributed by atoms with Gasteiger partial charge in [-0.25, -0.2) is 0 Å². The van der Waals surface area contributed by atoms with Crippen LogP contribution in [0.5, 0.6) is 0 Å². The fourth-order valence-electron chi connectivity index (χ4n) is 1.39. The van der Waals surface area contributed by atoms with E-state index in [1.165, 1.54) is 0 Å². The molecule has 2 rings (SSSR count). The second kappa shape index (κ2) is 3.15. The lowest BCUT2D eigenvalue weighted by Gasteiger charge is -2.00. The number of aromatic nitrogens is 1. The van der Waals surface area contributed by atoms with Crippen LogP contribution in [0.25, 0.3) is 10.9 Å². The molecule has 2 heteroatoms. The number of rotatable bonds is 1. The number of nitrogens with zero attached hydrogens (tertiary/aromatic N) is 1. The van der Waals surface area contributed by atoms with Crippen LogP contribution in [0.2, 0.25) is 0 Å². The van der Waals surface area contributed by atoms with E-state index in [4.69, 9.17) is 5.11 Å². The number of hydrogen-bond acceptors (Lipinski definition) is 2. The fraction of sp³-hybridized carbons (Fsp3) is 0.182. The Labute approximate surface area is 76.9 Å². The number of hydrogen-bond donors (Lipinski definition) is 1. The van der Waals surface area contributed by atoms with Crippen molar-refractivity contribution in [2.75, 3.05) is 0 Å². The molecule has 0 unspecified atom stereocenters. The summed E-state index contributed by atoms with van der Waals surface area (Å²) in [5.74, 6) is 0. The van der Waals surface area contributed by atoms with Crippen molar-refractivity contribution in [3.05, 3.63) is 41.6 Å². The average Bonchev–Trinajstić information content (AvgIpc) is 2.16. The first-order chi connectivity index (χ1) is 6.29. The highest BCUT2D eigenvalue weighted by Crippen LogP contribution is 2.14. The van der Waals surface area contributed by atoms with Crippen molar-refractivity contribution in [3.8, 4) is 0 Å². The minimum Gasteiger partial charge on any atom is -0.392 e. The second-order valence-corrected chi connectivity index (χ2v) is 3.20. The summed E-state index contributed by atoms with van der Waals surface area (Å²) in [5.41, 5.74) is 3.05. The maximum atomic E-state index is 8.95. The summed E-state index contributed by atoms with van der Waals surface area (Å²) in [6, 6.07) is 7.86. The minimum atomic E-state index is 0.0872. The Bertz CT molecular complexity index is 437. The molecule has 0 saturated heterocycles. The van der Waals surface area contributed by atoms with Crippen LogP contribution in [0.3, 0.4) is 0 Å². The second-order valence-electron chi connectivity index (χ2n) is 3.20. The molecule has 0 fully saturated rings. The molecule has 0 radical (unpaired) electrons. The monoisotopic (exact) mass is 173 g/mol. The fourth-order valence-corrected chi connectivity index (χ4v) is 1.39. The van der Waals surface area contributed by atoms with Crippen molar-refractivity contribution in [3.63, 3.8) is 0 Å². The first-order valence-electron chi connectivity index (χ1n) is 4.26. The molecule has 0 saturated carbocycles. The van der Waals surface area contributed by atoms with Crippen LogP contribution in [-0.4, -0.2) is 10.1 Å². The Morgan fingerprint density at radius 3 is 2.92 bits per heavy atom. The van der Waals surface area contributed by atoms with Crippen LogP contribution in [0, 0.1) is 6.92 Å². The van der Waals surface area contributed by atoms with E-state index in [1.54, 1.807) is 0 Å². The van der Waals surface area contributed by atoms with Crippen LogP contribution in [0.4, 0.5) is 0 Å². The van der Waals surface area contributed by atoms with Crippen LogP contribution >= 0.6 is 0 Å². The van der Waals surface area contributed by atoms with Crippen LogP contribution in [0.1, 0.15) is 11.1 Å². The molecule has 0 aliphatic carbocycles. The van der Waals surface area contributed by atoms with Crippen LogP contribution < -0.4 is 0 Å². The van der Waals surface area contributed by atoms with E-state index >= 15 is 0 Å². The number of pyridine rings is 1. The Hall–Kier alpha value is -1.41. The van der Waals surface area contributed by atoms with E-state index in [-0.39, 0.29) is 6.61 Å². The van der Waals surface area contributed by atoms with Gasteiger partial charge in [-0.15, -0.1) is 0 Å². The van der Waals surface area contributed by atoms with Gasteiger partial charge in [0.25, 0.3) is 0 Å².